The predicted octanol–water partition coefficient (Wildman–Crippen LogP) is 3.43. The molecule has 0 aliphatic carbocycles. The third-order valence-corrected chi connectivity index (χ3v) is 3.70. The fourth-order valence-electron chi connectivity index (χ4n) is 2.50. The van der Waals surface area contributed by atoms with Crippen LogP contribution in [0.3, 0.4) is 0 Å². The van der Waals surface area contributed by atoms with Crippen molar-refractivity contribution in [1.82, 2.24) is 0 Å². The van der Waals surface area contributed by atoms with Gasteiger partial charge in [0.15, 0.2) is 0 Å². The number of hydrogen-bond acceptors (Lipinski definition) is 5. The van der Waals surface area contributed by atoms with Crippen molar-refractivity contribution < 1.29 is 19.1 Å². The molecule has 23 heavy (non-hydrogen) atoms. The molecule has 0 radical (unpaired) electrons. The van der Waals surface area contributed by atoms with E-state index in [0.29, 0.717) is 12.8 Å². The summed E-state index contributed by atoms with van der Waals surface area (Å²) in [6.07, 6.45) is 1.83. The molecule has 0 aliphatic rings. The number of methoxy groups -OCH3 is 1. The van der Waals surface area contributed by atoms with E-state index < -0.39 is 12.0 Å². The number of carbonyl (C=O) groups is 2. The van der Waals surface area contributed by atoms with Crippen LogP contribution >= 0.6 is 0 Å². The van der Waals surface area contributed by atoms with E-state index in [2.05, 4.69) is 5.32 Å². The van der Waals surface area contributed by atoms with Gasteiger partial charge in [0.05, 0.1) is 13.7 Å². The third-order valence-electron chi connectivity index (χ3n) is 3.70. The lowest BCUT2D eigenvalue weighted by molar-refractivity contribution is -0.147. The molecular weight excluding hydrogens is 294 g/mol. The summed E-state index contributed by atoms with van der Waals surface area (Å²) in [4.78, 5) is 24.7. The number of hydrogen-bond donors (Lipinski definition) is 1. The van der Waals surface area contributed by atoms with Crippen molar-refractivity contribution in [2.75, 3.05) is 19.0 Å². The Morgan fingerprint density at radius 2 is 1.78 bits per heavy atom. The Hall–Kier alpha value is -2.04. The summed E-state index contributed by atoms with van der Waals surface area (Å²) in [6.45, 7) is 5.93. The van der Waals surface area contributed by atoms with E-state index in [-0.39, 0.29) is 18.4 Å². The van der Waals surface area contributed by atoms with Crippen LogP contribution in [0.2, 0.25) is 0 Å². The van der Waals surface area contributed by atoms with E-state index in [9.17, 15) is 9.59 Å². The molecule has 0 bridgehead atoms. The van der Waals surface area contributed by atoms with Gasteiger partial charge in [-0.15, -0.1) is 0 Å². The molecule has 0 aromatic heterocycles. The lowest BCUT2D eigenvalue weighted by atomic mass is 9.89. The number of esters is 1. The molecular formula is C18H27NO4. The number of nitrogens with one attached hydrogen (secondary N) is 1. The summed E-state index contributed by atoms with van der Waals surface area (Å²) >= 11 is 0. The van der Waals surface area contributed by atoms with Crippen LogP contribution in [0.1, 0.15) is 40.0 Å². The Bertz CT molecular complexity index is 498. The van der Waals surface area contributed by atoms with Crippen molar-refractivity contribution in [2.45, 2.75) is 46.1 Å². The molecule has 128 valence electrons. The maximum absolute atomic E-state index is 12.3. The van der Waals surface area contributed by atoms with Crippen LogP contribution in [0.5, 0.6) is 5.75 Å². The Balaban J connectivity index is 2.97. The van der Waals surface area contributed by atoms with Crippen LogP contribution in [0.25, 0.3) is 0 Å². The maximum atomic E-state index is 12.3. The maximum Gasteiger partial charge on any atom is 0.329 e. The zero-order chi connectivity index (χ0) is 17.2. The Labute approximate surface area is 138 Å². The molecule has 2 atom stereocenters. The lowest BCUT2D eigenvalue weighted by Gasteiger charge is -2.25. The number of ketones is 1. The van der Waals surface area contributed by atoms with Gasteiger partial charge in [0.1, 0.15) is 17.6 Å². The first kappa shape index (κ1) is 19.0. The van der Waals surface area contributed by atoms with Gasteiger partial charge in [0, 0.05) is 18.0 Å². The van der Waals surface area contributed by atoms with Crippen LogP contribution in [0.15, 0.2) is 24.3 Å². The van der Waals surface area contributed by atoms with Crippen LogP contribution in [-0.4, -0.2) is 31.5 Å². The molecule has 0 amide bonds. The average Bonchev–Trinajstić information content (AvgIpc) is 2.55. The first-order valence-corrected chi connectivity index (χ1v) is 8.17. The molecule has 0 aliphatic heterocycles. The van der Waals surface area contributed by atoms with Gasteiger partial charge in [-0.05, 0) is 44.0 Å². The van der Waals surface area contributed by atoms with Crippen LogP contribution in [0, 0.1) is 5.92 Å². The van der Waals surface area contributed by atoms with Crippen molar-refractivity contribution >= 4 is 17.4 Å². The highest BCUT2D eigenvalue weighted by atomic mass is 16.5. The van der Waals surface area contributed by atoms with Crippen LogP contribution in [-0.2, 0) is 14.3 Å². The minimum atomic E-state index is -0.674. The minimum Gasteiger partial charge on any atom is -0.497 e. The summed E-state index contributed by atoms with van der Waals surface area (Å²) < 4.78 is 10.3. The SMILES string of the molecule is CCCC(=O)[C@@H](CC)[C@@H](Nc1ccc(OC)cc1)C(=O)OCC. The second-order valence-electron chi connectivity index (χ2n) is 5.33. The van der Waals surface area contributed by atoms with E-state index in [1.807, 2.05) is 26.0 Å². The van der Waals surface area contributed by atoms with Crippen molar-refractivity contribution in [3.63, 3.8) is 0 Å². The zero-order valence-corrected chi connectivity index (χ0v) is 14.4. The Morgan fingerprint density at radius 1 is 1.13 bits per heavy atom. The molecule has 5 nitrogen and oxygen atoms in total. The first-order chi connectivity index (χ1) is 11.1. The summed E-state index contributed by atoms with van der Waals surface area (Å²) in [6, 6.07) is 6.58. The number of carbonyl (C=O) groups excluding carboxylic acids is 2. The van der Waals surface area contributed by atoms with Gasteiger partial charge < -0.3 is 14.8 Å². The summed E-state index contributed by atoms with van der Waals surface area (Å²) in [5.41, 5.74) is 0.756. The first-order valence-electron chi connectivity index (χ1n) is 8.17. The standard InChI is InChI=1S/C18H27NO4/c1-5-8-16(20)15(6-2)17(18(21)23-7-3)19-13-9-11-14(22-4)12-10-13/h9-12,15,17,19H,5-8H2,1-4H3/t15-,17-/m1/s1. The molecule has 1 aromatic carbocycles. The molecule has 1 rings (SSSR count). The fraction of sp³-hybridized carbons (Fsp3) is 0.556. The van der Waals surface area contributed by atoms with E-state index >= 15 is 0 Å². The van der Waals surface area contributed by atoms with Crippen molar-refractivity contribution in [2.24, 2.45) is 5.92 Å². The van der Waals surface area contributed by atoms with Gasteiger partial charge in [-0.3, -0.25) is 4.79 Å². The molecule has 1 aromatic rings. The van der Waals surface area contributed by atoms with Gasteiger partial charge in [-0.1, -0.05) is 13.8 Å². The monoisotopic (exact) mass is 321 g/mol. The number of benzene rings is 1. The molecule has 0 fully saturated rings. The molecule has 1 N–H and O–H groups in total. The number of ether oxygens (including phenoxy) is 2. The summed E-state index contributed by atoms with van der Waals surface area (Å²) in [5, 5.41) is 3.15. The second-order valence-corrected chi connectivity index (χ2v) is 5.33. The average molecular weight is 321 g/mol. The van der Waals surface area contributed by atoms with Gasteiger partial charge in [-0.2, -0.15) is 0 Å². The van der Waals surface area contributed by atoms with Crippen LogP contribution < -0.4 is 10.1 Å². The van der Waals surface area contributed by atoms with E-state index in [4.69, 9.17) is 9.47 Å². The molecule has 0 unspecified atom stereocenters. The quantitative estimate of drug-likeness (QED) is 0.669. The second kappa shape index (κ2) is 9.87. The Morgan fingerprint density at radius 3 is 2.26 bits per heavy atom. The fourth-order valence-corrected chi connectivity index (χ4v) is 2.50. The zero-order valence-electron chi connectivity index (χ0n) is 14.4. The largest absolute Gasteiger partial charge is 0.497 e. The summed E-state index contributed by atoms with van der Waals surface area (Å²) in [5.74, 6) is 0.0436. The van der Waals surface area contributed by atoms with Gasteiger partial charge in [0.25, 0.3) is 0 Å². The van der Waals surface area contributed by atoms with Gasteiger partial charge >= 0.3 is 5.97 Å². The van der Waals surface area contributed by atoms with Crippen LogP contribution in [0.4, 0.5) is 5.69 Å². The van der Waals surface area contributed by atoms with Gasteiger partial charge in [0.2, 0.25) is 0 Å². The number of Topliss-reactive ketones (excluding diaryl/α,β-unsaturated/α-hetero) is 1. The highest BCUT2D eigenvalue weighted by Gasteiger charge is 2.32. The minimum absolute atomic E-state index is 0.0917. The van der Waals surface area contributed by atoms with Crippen molar-refractivity contribution in [3.8, 4) is 5.75 Å². The topological polar surface area (TPSA) is 64.6 Å². The summed E-state index contributed by atoms with van der Waals surface area (Å²) in [7, 11) is 1.60. The van der Waals surface area contributed by atoms with E-state index in [1.165, 1.54) is 0 Å². The number of rotatable bonds is 10. The van der Waals surface area contributed by atoms with Crippen molar-refractivity contribution in [1.29, 1.82) is 0 Å². The van der Waals surface area contributed by atoms with E-state index in [1.54, 1.807) is 26.2 Å². The highest BCUT2D eigenvalue weighted by molar-refractivity contribution is 5.90. The third kappa shape index (κ3) is 5.58. The van der Waals surface area contributed by atoms with Gasteiger partial charge in [-0.25, -0.2) is 4.79 Å². The molecule has 0 spiro atoms. The predicted molar refractivity (Wildman–Crippen MR) is 90.7 cm³/mol. The Kier molecular flexibility index (Phi) is 8.16. The normalized spacial score (nSPS) is 13.0. The molecule has 0 saturated heterocycles. The smallest absolute Gasteiger partial charge is 0.329 e. The lowest BCUT2D eigenvalue weighted by Crippen LogP contribution is -2.42. The number of anilines is 1. The van der Waals surface area contributed by atoms with E-state index in [0.717, 1.165) is 17.9 Å². The van der Waals surface area contributed by atoms with Crippen molar-refractivity contribution in [3.05, 3.63) is 24.3 Å². The highest BCUT2D eigenvalue weighted by Crippen LogP contribution is 2.22. The molecule has 5 heteroatoms. The molecule has 0 saturated carbocycles. The molecule has 0 heterocycles.